The maximum absolute atomic E-state index is 11.7. The van der Waals surface area contributed by atoms with E-state index in [2.05, 4.69) is 0 Å². The maximum atomic E-state index is 11.7. The Hall–Kier alpha value is -2.50. The van der Waals surface area contributed by atoms with Gasteiger partial charge in [-0.05, 0) is 0 Å². The Morgan fingerprint density at radius 3 is 2.72 bits per heavy atom. The van der Waals surface area contributed by atoms with Gasteiger partial charge in [0.15, 0.2) is 5.43 Å². The summed E-state index contributed by atoms with van der Waals surface area (Å²) in [7, 11) is 0. The molecule has 6 heteroatoms. The lowest BCUT2D eigenvalue weighted by molar-refractivity contribution is -0.142. The molecule has 94 valence electrons. The number of carbonyl (C=O) groups is 1. The van der Waals surface area contributed by atoms with Crippen molar-refractivity contribution in [2.45, 2.75) is 13.5 Å². The van der Waals surface area contributed by atoms with E-state index in [0.717, 1.165) is 12.1 Å². The predicted octanol–water partition coefficient (Wildman–Crippen LogP) is 1.27. The highest BCUT2D eigenvalue weighted by atomic mass is 16.5. The molecule has 6 nitrogen and oxygen atoms in total. The van der Waals surface area contributed by atoms with Gasteiger partial charge in [0, 0.05) is 25.1 Å². The summed E-state index contributed by atoms with van der Waals surface area (Å²) in [4.78, 5) is 22.4. The van der Waals surface area contributed by atoms with E-state index in [9.17, 15) is 19.8 Å². The van der Waals surface area contributed by atoms with Gasteiger partial charge in [-0.2, -0.15) is 0 Å². The fraction of sp³-hybridized carbons (Fsp3) is 0.167. The molecule has 0 spiro atoms. The number of fused-ring (bicyclic) bond motifs is 1. The summed E-state index contributed by atoms with van der Waals surface area (Å²) in [6.45, 7) is 1.05. The zero-order valence-electron chi connectivity index (χ0n) is 9.47. The Kier molecular flexibility index (Phi) is 2.93. The van der Waals surface area contributed by atoms with E-state index in [1.165, 1.54) is 13.0 Å². The van der Waals surface area contributed by atoms with E-state index in [-0.39, 0.29) is 34.8 Å². The molecule has 0 saturated heterocycles. The lowest BCUT2D eigenvalue weighted by Crippen LogP contribution is -2.05. The molecule has 0 unspecified atom stereocenters. The van der Waals surface area contributed by atoms with E-state index in [1.54, 1.807) is 0 Å². The van der Waals surface area contributed by atoms with Crippen LogP contribution in [0, 0.1) is 0 Å². The molecule has 2 aromatic rings. The number of carbonyl (C=O) groups excluding carboxylic acids is 1. The fourth-order valence-electron chi connectivity index (χ4n) is 1.55. The minimum absolute atomic E-state index is 0.0284. The predicted molar refractivity (Wildman–Crippen MR) is 61.3 cm³/mol. The fourth-order valence-corrected chi connectivity index (χ4v) is 1.55. The van der Waals surface area contributed by atoms with Crippen molar-refractivity contribution in [2.75, 3.05) is 0 Å². The van der Waals surface area contributed by atoms with Gasteiger partial charge >= 0.3 is 5.97 Å². The summed E-state index contributed by atoms with van der Waals surface area (Å²) >= 11 is 0. The molecule has 2 N–H and O–H groups in total. The van der Waals surface area contributed by atoms with Crippen molar-refractivity contribution in [3.63, 3.8) is 0 Å². The molecule has 0 aliphatic heterocycles. The monoisotopic (exact) mass is 250 g/mol. The second-order valence-corrected chi connectivity index (χ2v) is 3.70. The largest absolute Gasteiger partial charge is 0.508 e. The minimum atomic E-state index is -0.503. The van der Waals surface area contributed by atoms with Gasteiger partial charge in [-0.3, -0.25) is 9.59 Å². The van der Waals surface area contributed by atoms with Crippen LogP contribution in [0.25, 0.3) is 11.0 Å². The number of hydrogen-bond acceptors (Lipinski definition) is 6. The second-order valence-electron chi connectivity index (χ2n) is 3.70. The van der Waals surface area contributed by atoms with Crippen molar-refractivity contribution in [1.82, 2.24) is 0 Å². The Morgan fingerprint density at radius 2 is 2.06 bits per heavy atom. The van der Waals surface area contributed by atoms with Gasteiger partial charge < -0.3 is 19.4 Å². The number of ether oxygens (including phenoxy) is 1. The molecule has 0 radical (unpaired) electrons. The van der Waals surface area contributed by atoms with Gasteiger partial charge in [-0.15, -0.1) is 0 Å². The van der Waals surface area contributed by atoms with E-state index in [1.807, 2.05) is 0 Å². The van der Waals surface area contributed by atoms with Crippen LogP contribution in [-0.2, 0) is 16.1 Å². The highest BCUT2D eigenvalue weighted by molar-refractivity contribution is 5.84. The average molecular weight is 250 g/mol. The molecule has 0 saturated carbocycles. The summed E-state index contributed by atoms with van der Waals surface area (Å²) in [6, 6.07) is 3.38. The van der Waals surface area contributed by atoms with Gasteiger partial charge in [-0.1, -0.05) is 0 Å². The average Bonchev–Trinajstić information content (AvgIpc) is 2.24. The van der Waals surface area contributed by atoms with Gasteiger partial charge in [0.2, 0.25) is 0 Å². The first kappa shape index (κ1) is 12.0. The standard InChI is InChI=1S/C12H10O6/c1-6(13)17-5-8-4-10(16)12-9(15)2-7(14)3-11(12)18-8/h2-4,14-15H,5H2,1H3. The van der Waals surface area contributed by atoms with Crippen molar-refractivity contribution in [2.24, 2.45) is 0 Å². The molecule has 2 rings (SSSR count). The number of rotatable bonds is 2. The van der Waals surface area contributed by atoms with Crippen LogP contribution in [0.3, 0.4) is 0 Å². The Morgan fingerprint density at radius 1 is 1.33 bits per heavy atom. The molecular weight excluding hydrogens is 240 g/mol. The van der Waals surface area contributed by atoms with E-state index in [0.29, 0.717) is 0 Å². The third-order valence-corrected chi connectivity index (χ3v) is 2.26. The minimum Gasteiger partial charge on any atom is -0.508 e. The third-order valence-electron chi connectivity index (χ3n) is 2.26. The topological polar surface area (TPSA) is 97.0 Å². The molecule has 0 atom stereocenters. The second kappa shape index (κ2) is 4.40. The van der Waals surface area contributed by atoms with Crippen LogP contribution in [0.4, 0.5) is 0 Å². The van der Waals surface area contributed by atoms with Gasteiger partial charge in [0.1, 0.15) is 34.8 Å². The zero-order valence-corrected chi connectivity index (χ0v) is 9.47. The van der Waals surface area contributed by atoms with E-state index in [4.69, 9.17) is 9.15 Å². The molecule has 18 heavy (non-hydrogen) atoms. The molecule has 0 amide bonds. The van der Waals surface area contributed by atoms with Crippen LogP contribution < -0.4 is 5.43 Å². The van der Waals surface area contributed by atoms with E-state index < -0.39 is 11.4 Å². The number of phenolic OH excluding ortho intramolecular Hbond substituents is 2. The number of esters is 1. The van der Waals surface area contributed by atoms with Crippen molar-refractivity contribution < 1.29 is 24.2 Å². The lowest BCUT2D eigenvalue weighted by Gasteiger charge is -2.05. The molecule has 1 heterocycles. The molecule has 0 aliphatic carbocycles. The van der Waals surface area contributed by atoms with E-state index >= 15 is 0 Å². The van der Waals surface area contributed by atoms with Crippen molar-refractivity contribution in [1.29, 1.82) is 0 Å². The summed E-state index contributed by atoms with van der Waals surface area (Å²) in [6.07, 6.45) is 0. The summed E-state index contributed by atoms with van der Waals surface area (Å²) < 4.78 is 9.95. The van der Waals surface area contributed by atoms with Crippen LogP contribution in [0.1, 0.15) is 12.7 Å². The Balaban J connectivity index is 2.55. The number of aromatic hydroxyl groups is 2. The SMILES string of the molecule is CC(=O)OCc1cc(=O)c2c(O)cc(O)cc2o1. The van der Waals surface area contributed by atoms with Gasteiger partial charge in [0.05, 0.1) is 0 Å². The summed E-state index contributed by atoms with van der Waals surface area (Å²) in [5.74, 6) is -0.963. The smallest absolute Gasteiger partial charge is 0.303 e. The summed E-state index contributed by atoms with van der Waals surface area (Å²) in [5, 5.41) is 18.8. The first-order valence-corrected chi connectivity index (χ1v) is 5.09. The number of phenols is 2. The zero-order chi connectivity index (χ0) is 13.3. The molecule has 1 aromatic carbocycles. The molecule has 0 aliphatic rings. The highest BCUT2D eigenvalue weighted by Gasteiger charge is 2.11. The molecule has 0 fully saturated rings. The van der Waals surface area contributed by atoms with Gasteiger partial charge in [0.25, 0.3) is 0 Å². The summed E-state index contributed by atoms with van der Waals surface area (Å²) in [5.41, 5.74) is -0.446. The first-order chi connectivity index (χ1) is 8.47. The third kappa shape index (κ3) is 2.27. The highest BCUT2D eigenvalue weighted by Crippen LogP contribution is 2.27. The maximum Gasteiger partial charge on any atom is 0.303 e. The van der Waals surface area contributed by atoms with Crippen LogP contribution in [0.2, 0.25) is 0 Å². The van der Waals surface area contributed by atoms with Crippen LogP contribution >= 0.6 is 0 Å². The lowest BCUT2D eigenvalue weighted by atomic mass is 10.2. The van der Waals surface area contributed by atoms with Crippen molar-refractivity contribution >= 4 is 16.9 Å². The molecular formula is C12H10O6. The van der Waals surface area contributed by atoms with Gasteiger partial charge in [-0.25, -0.2) is 0 Å². The Bertz CT molecular complexity index is 670. The number of benzene rings is 1. The Labute approximate surface area is 101 Å². The van der Waals surface area contributed by atoms with Crippen LogP contribution in [0.5, 0.6) is 11.5 Å². The van der Waals surface area contributed by atoms with Crippen molar-refractivity contribution in [3.05, 3.63) is 34.2 Å². The number of hydrogen-bond donors (Lipinski definition) is 2. The molecule has 1 aromatic heterocycles. The normalized spacial score (nSPS) is 10.5. The first-order valence-electron chi connectivity index (χ1n) is 5.09. The van der Waals surface area contributed by atoms with Crippen molar-refractivity contribution in [3.8, 4) is 11.5 Å². The van der Waals surface area contributed by atoms with Crippen LogP contribution in [0.15, 0.2) is 27.4 Å². The quantitative estimate of drug-likeness (QED) is 0.779. The molecule has 0 bridgehead atoms. The van der Waals surface area contributed by atoms with Crippen LogP contribution in [-0.4, -0.2) is 16.2 Å².